The zero-order chi connectivity index (χ0) is 13.6. The monoisotopic (exact) mass is 272 g/mol. The van der Waals surface area contributed by atoms with Crippen LogP contribution in [0.2, 0.25) is 0 Å². The Hall–Kier alpha value is 0.270. The summed E-state index contributed by atoms with van der Waals surface area (Å²) in [6.07, 6.45) is 6.04. The van der Waals surface area contributed by atoms with Crippen LogP contribution in [0.1, 0.15) is 47.0 Å². The molecule has 0 spiro atoms. The summed E-state index contributed by atoms with van der Waals surface area (Å²) in [5.41, 5.74) is 0.323. The van der Waals surface area contributed by atoms with Crippen molar-refractivity contribution in [2.75, 3.05) is 31.6 Å². The number of nitrogens with zero attached hydrogens (tertiary/aromatic N) is 1. The molecule has 18 heavy (non-hydrogen) atoms. The molecule has 1 aliphatic heterocycles. The Bertz CT molecular complexity index is 235. The van der Waals surface area contributed by atoms with Crippen LogP contribution in [0, 0.1) is 5.92 Å². The molecule has 1 fully saturated rings. The second kappa shape index (κ2) is 7.76. The molecule has 1 N–H and O–H groups in total. The molecule has 1 rings (SSSR count). The van der Waals surface area contributed by atoms with Gasteiger partial charge in [0.1, 0.15) is 0 Å². The maximum atomic E-state index is 3.78. The van der Waals surface area contributed by atoms with Gasteiger partial charge in [-0.1, -0.05) is 27.2 Å². The number of thioether (sulfide) groups is 1. The van der Waals surface area contributed by atoms with E-state index in [1.165, 1.54) is 44.6 Å². The fraction of sp³-hybridized carbons (Fsp3) is 1.00. The van der Waals surface area contributed by atoms with Crippen molar-refractivity contribution in [1.82, 2.24) is 10.2 Å². The highest BCUT2D eigenvalue weighted by Crippen LogP contribution is 2.24. The van der Waals surface area contributed by atoms with Crippen LogP contribution in [0.25, 0.3) is 0 Å². The van der Waals surface area contributed by atoms with Crippen molar-refractivity contribution in [3.8, 4) is 0 Å². The maximum absolute atomic E-state index is 3.78. The Balaban J connectivity index is 2.60. The zero-order valence-corrected chi connectivity index (χ0v) is 13.8. The van der Waals surface area contributed by atoms with Crippen molar-refractivity contribution < 1.29 is 0 Å². The summed E-state index contributed by atoms with van der Waals surface area (Å²) < 4.78 is 0. The van der Waals surface area contributed by atoms with Crippen LogP contribution in [0.3, 0.4) is 0 Å². The summed E-state index contributed by atoms with van der Waals surface area (Å²) in [6, 6.07) is 0.733. The molecule has 0 aromatic rings. The molecule has 1 aliphatic rings. The summed E-state index contributed by atoms with van der Waals surface area (Å²) in [5.74, 6) is 2.09. The summed E-state index contributed by atoms with van der Waals surface area (Å²) in [5, 5.41) is 3.78. The first-order valence-electron chi connectivity index (χ1n) is 7.54. The minimum Gasteiger partial charge on any atom is -0.309 e. The topological polar surface area (TPSA) is 15.3 Å². The average Bonchev–Trinajstić information content (AvgIpc) is 2.38. The number of nitrogens with one attached hydrogen (secondary N) is 1. The fourth-order valence-corrected chi connectivity index (χ4v) is 3.25. The highest BCUT2D eigenvalue weighted by molar-refractivity contribution is 7.98. The first-order chi connectivity index (χ1) is 8.56. The Kier molecular flexibility index (Phi) is 7.04. The number of hydrogen-bond acceptors (Lipinski definition) is 3. The molecule has 108 valence electrons. The van der Waals surface area contributed by atoms with Gasteiger partial charge >= 0.3 is 0 Å². The Morgan fingerprint density at radius 2 is 2.17 bits per heavy atom. The molecule has 0 aromatic carbocycles. The molecule has 3 atom stereocenters. The summed E-state index contributed by atoms with van der Waals surface area (Å²) in [7, 11) is 0. The lowest BCUT2D eigenvalue weighted by Gasteiger charge is -2.48. The van der Waals surface area contributed by atoms with Gasteiger partial charge in [-0.2, -0.15) is 11.8 Å². The standard InChI is InChI=1S/C15H32N2S/c1-6-13(3)14-11-16-15(4,7-2)12-17(14)9-8-10-18-5/h13-14,16H,6-12H2,1-5H3. The number of piperazine rings is 1. The van der Waals surface area contributed by atoms with Gasteiger partial charge in [0.2, 0.25) is 0 Å². The van der Waals surface area contributed by atoms with Gasteiger partial charge in [0.25, 0.3) is 0 Å². The minimum atomic E-state index is 0.323. The molecule has 2 nitrogen and oxygen atoms in total. The lowest BCUT2D eigenvalue weighted by molar-refractivity contribution is 0.0554. The van der Waals surface area contributed by atoms with E-state index in [-0.39, 0.29) is 0 Å². The van der Waals surface area contributed by atoms with Gasteiger partial charge in [-0.15, -0.1) is 0 Å². The quantitative estimate of drug-likeness (QED) is 0.716. The smallest absolute Gasteiger partial charge is 0.0278 e. The van der Waals surface area contributed by atoms with E-state index in [0.29, 0.717) is 5.54 Å². The predicted molar refractivity (Wildman–Crippen MR) is 84.5 cm³/mol. The van der Waals surface area contributed by atoms with E-state index in [4.69, 9.17) is 0 Å². The molecule has 1 saturated heterocycles. The van der Waals surface area contributed by atoms with Gasteiger partial charge in [0, 0.05) is 24.7 Å². The predicted octanol–water partition coefficient (Wildman–Crippen LogP) is 3.23. The van der Waals surface area contributed by atoms with E-state index in [9.17, 15) is 0 Å². The SMILES string of the molecule is CCC(C)C1CNC(C)(CC)CN1CCCSC. The number of hydrogen-bond donors (Lipinski definition) is 1. The molecule has 0 bridgehead atoms. The molecular weight excluding hydrogens is 240 g/mol. The fourth-order valence-electron chi connectivity index (χ4n) is 2.83. The van der Waals surface area contributed by atoms with Crippen molar-refractivity contribution >= 4 is 11.8 Å². The third kappa shape index (κ3) is 4.43. The van der Waals surface area contributed by atoms with Crippen LogP contribution >= 0.6 is 11.8 Å². The summed E-state index contributed by atoms with van der Waals surface area (Å²) >= 11 is 1.97. The third-order valence-electron chi connectivity index (χ3n) is 4.63. The van der Waals surface area contributed by atoms with Gasteiger partial charge in [0.15, 0.2) is 0 Å². The first-order valence-corrected chi connectivity index (χ1v) is 8.93. The summed E-state index contributed by atoms with van der Waals surface area (Å²) in [4.78, 5) is 2.75. The lowest BCUT2D eigenvalue weighted by atomic mass is 9.88. The highest BCUT2D eigenvalue weighted by atomic mass is 32.2. The second-order valence-corrected chi connectivity index (χ2v) is 7.05. The molecule has 0 saturated carbocycles. The van der Waals surface area contributed by atoms with E-state index >= 15 is 0 Å². The molecule has 0 aliphatic carbocycles. The van der Waals surface area contributed by atoms with Crippen molar-refractivity contribution in [2.24, 2.45) is 5.92 Å². The van der Waals surface area contributed by atoms with Gasteiger partial charge in [-0.25, -0.2) is 0 Å². The van der Waals surface area contributed by atoms with Crippen molar-refractivity contribution in [3.63, 3.8) is 0 Å². The van der Waals surface area contributed by atoms with Crippen molar-refractivity contribution in [3.05, 3.63) is 0 Å². The molecule has 0 aromatic heterocycles. The Morgan fingerprint density at radius 3 is 2.72 bits per heavy atom. The van der Waals surface area contributed by atoms with E-state index in [2.05, 4.69) is 44.2 Å². The molecular formula is C15H32N2S. The highest BCUT2D eigenvalue weighted by Gasteiger charge is 2.35. The van der Waals surface area contributed by atoms with E-state index in [1.54, 1.807) is 0 Å². The van der Waals surface area contributed by atoms with Gasteiger partial charge in [-0.3, -0.25) is 4.90 Å². The van der Waals surface area contributed by atoms with Crippen LogP contribution in [0.4, 0.5) is 0 Å². The average molecular weight is 273 g/mol. The Morgan fingerprint density at radius 1 is 1.44 bits per heavy atom. The second-order valence-electron chi connectivity index (χ2n) is 6.06. The van der Waals surface area contributed by atoms with Gasteiger partial charge < -0.3 is 5.32 Å². The van der Waals surface area contributed by atoms with Gasteiger partial charge in [0.05, 0.1) is 0 Å². The molecule has 0 radical (unpaired) electrons. The normalized spacial score (nSPS) is 31.5. The molecule has 3 unspecified atom stereocenters. The van der Waals surface area contributed by atoms with Crippen LogP contribution in [-0.2, 0) is 0 Å². The molecule has 0 amide bonds. The van der Waals surface area contributed by atoms with Crippen LogP contribution in [0.15, 0.2) is 0 Å². The van der Waals surface area contributed by atoms with E-state index < -0.39 is 0 Å². The van der Waals surface area contributed by atoms with Crippen molar-refractivity contribution in [1.29, 1.82) is 0 Å². The first kappa shape index (κ1) is 16.3. The zero-order valence-electron chi connectivity index (χ0n) is 13.0. The minimum absolute atomic E-state index is 0.323. The van der Waals surface area contributed by atoms with Crippen LogP contribution in [-0.4, -0.2) is 48.1 Å². The van der Waals surface area contributed by atoms with E-state index in [0.717, 1.165) is 12.0 Å². The van der Waals surface area contributed by atoms with E-state index in [1.807, 2.05) is 11.8 Å². The van der Waals surface area contributed by atoms with Crippen LogP contribution in [0.5, 0.6) is 0 Å². The van der Waals surface area contributed by atoms with Crippen molar-refractivity contribution in [2.45, 2.75) is 58.5 Å². The summed E-state index contributed by atoms with van der Waals surface area (Å²) in [6.45, 7) is 13.1. The third-order valence-corrected chi connectivity index (χ3v) is 5.33. The van der Waals surface area contributed by atoms with Crippen LogP contribution < -0.4 is 5.32 Å². The lowest BCUT2D eigenvalue weighted by Crippen LogP contribution is -2.64. The Labute approximate surface area is 118 Å². The molecule has 3 heteroatoms. The largest absolute Gasteiger partial charge is 0.309 e. The maximum Gasteiger partial charge on any atom is 0.0278 e. The number of rotatable bonds is 7. The van der Waals surface area contributed by atoms with Gasteiger partial charge in [-0.05, 0) is 44.2 Å². The molecule has 1 heterocycles.